The standard InChI is InChI=1S/C23H26N2O3/c1-16-13-19-14-18(8-11-21(19)25-23(16)27)15-22(26)24-12-4-3-5-17-6-9-20(28-2)10-7-17/h6-11,13-14H,3-5,12,15H2,1-2H3,(H,24,26)(H,25,27). The molecule has 3 rings (SSSR count). The number of hydrogen-bond acceptors (Lipinski definition) is 3. The highest BCUT2D eigenvalue weighted by Crippen LogP contribution is 2.15. The highest BCUT2D eigenvalue weighted by Gasteiger charge is 2.05. The lowest BCUT2D eigenvalue weighted by atomic mass is 10.1. The zero-order valence-corrected chi connectivity index (χ0v) is 16.4. The number of hydrogen-bond donors (Lipinski definition) is 2. The molecular weight excluding hydrogens is 352 g/mol. The largest absolute Gasteiger partial charge is 0.497 e. The second kappa shape index (κ2) is 9.22. The van der Waals surface area contributed by atoms with Gasteiger partial charge in [-0.25, -0.2) is 0 Å². The van der Waals surface area contributed by atoms with E-state index >= 15 is 0 Å². The summed E-state index contributed by atoms with van der Waals surface area (Å²) in [6, 6.07) is 15.6. The number of carbonyl (C=O) groups excluding carboxylic acids is 1. The number of aromatic amines is 1. The van der Waals surface area contributed by atoms with E-state index in [0.29, 0.717) is 18.5 Å². The fourth-order valence-electron chi connectivity index (χ4n) is 3.20. The molecule has 2 aromatic carbocycles. The first-order valence-corrected chi connectivity index (χ1v) is 9.57. The number of rotatable bonds is 8. The molecule has 0 spiro atoms. The van der Waals surface area contributed by atoms with Crippen LogP contribution in [0.2, 0.25) is 0 Å². The normalized spacial score (nSPS) is 10.8. The summed E-state index contributed by atoms with van der Waals surface area (Å²) in [4.78, 5) is 26.7. The van der Waals surface area contributed by atoms with Crippen LogP contribution in [-0.4, -0.2) is 24.5 Å². The van der Waals surface area contributed by atoms with Gasteiger partial charge in [-0.15, -0.1) is 0 Å². The van der Waals surface area contributed by atoms with Gasteiger partial charge in [0, 0.05) is 17.6 Å². The molecule has 1 amide bonds. The minimum absolute atomic E-state index is 0.0185. The quantitative estimate of drug-likeness (QED) is 0.589. The van der Waals surface area contributed by atoms with Crippen LogP contribution in [0.3, 0.4) is 0 Å². The van der Waals surface area contributed by atoms with E-state index in [4.69, 9.17) is 4.74 Å². The van der Waals surface area contributed by atoms with E-state index in [-0.39, 0.29) is 11.5 Å². The van der Waals surface area contributed by atoms with Gasteiger partial charge in [0.15, 0.2) is 0 Å². The SMILES string of the molecule is COc1ccc(CCCCNC(=O)Cc2ccc3[nH]c(=O)c(C)cc3c2)cc1. The van der Waals surface area contributed by atoms with Crippen LogP contribution in [0.25, 0.3) is 10.9 Å². The molecule has 0 fully saturated rings. The van der Waals surface area contributed by atoms with Crippen molar-refractivity contribution < 1.29 is 9.53 Å². The maximum Gasteiger partial charge on any atom is 0.251 e. The number of aromatic nitrogens is 1. The number of pyridine rings is 1. The molecule has 0 radical (unpaired) electrons. The van der Waals surface area contributed by atoms with Crippen molar-refractivity contribution in [1.82, 2.24) is 10.3 Å². The van der Waals surface area contributed by atoms with Crippen molar-refractivity contribution in [3.05, 3.63) is 75.6 Å². The summed E-state index contributed by atoms with van der Waals surface area (Å²) in [6.45, 7) is 2.46. The third kappa shape index (κ3) is 5.22. The summed E-state index contributed by atoms with van der Waals surface area (Å²) in [5.41, 5.74) is 3.60. The molecule has 0 aliphatic rings. The molecule has 146 valence electrons. The van der Waals surface area contributed by atoms with E-state index in [0.717, 1.165) is 41.5 Å². The summed E-state index contributed by atoms with van der Waals surface area (Å²) in [7, 11) is 1.66. The molecule has 0 aliphatic heterocycles. The Labute approximate surface area is 164 Å². The van der Waals surface area contributed by atoms with Crippen molar-refractivity contribution in [3.63, 3.8) is 0 Å². The van der Waals surface area contributed by atoms with Crippen molar-refractivity contribution in [2.24, 2.45) is 0 Å². The maximum atomic E-state index is 12.2. The van der Waals surface area contributed by atoms with Gasteiger partial charge in [0.2, 0.25) is 5.91 Å². The first-order valence-electron chi connectivity index (χ1n) is 9.57. The number of benzene rings is 2. The van der Waals surface area contributed by atoms with Gasteiger partial charge >= 0.3 is 0 Å². The highest BCUT2D eigenvalue weighted by molar-refractivity contribution is 5.83. The summed E-state index contributed by atoms with van der Waals surface area (Å²) >= 11 is 0. The van der Waals surface area contributed by atoms with Crippen molar-refractivity contribution in [2.45, 2.75) is 32.6 Å². The lowest BCUT2D eigenvalue weighted by molar-refractivity contribution is -0.120. The molecule has 0 unspecified atom stereocenters. The number of methoxy groups -OCH3 is 1. The summed E-state index contributed by atoms with van der Waals surface area (Å²) in [6.07, 6.45) is 3.29. The topological polar surface area (TPSA) is 71.2 Å². The second-order valence-corrected chi connectivity index (χ2v) is 7.03. The summed E-state index contributed by atoms with van der Waals surface area (Å²) in [5.74, 6) is 0.885. The van der Waals surface area contributed by atoms with Crippen LogP contribution >= 0.6 is 0 Å². The molecule has 0 atom stereocenters. The Balaban J connectivity index is 1.43. The van der Waals surface area contributed by atoms with E-state index in [1.807, 2.05) is 36.4 Å². The Morgan fingerprint density at radius 1 is 1.04 bits per heavy atom. The van der Waals surface area contributed by atoms with Gasteiger partial charge in [-0.05, 0) is 73.0 Å². The number of H-pyrrole nitrogens is 1. The minimum Gasteiger partial charge on any atom is -0.497 e. The van der Waals surface area contributed by atoms with Crippen molar-refractivity contribution in [2.75, 3.05) is 13.7 Å². The van der Waals surface area contributed by atoms with E-state index < -0.39 is 0 Å². The van der Waals surface area contributed by atoms with E-state index in [1.165, 1.54) is 5.56 Å². The molecule has 5 nitrogen and oxygen atoms in total. The van der Waals surface area contributed by atoms with E-state index in [1.54, 1.807) is 14.0 Å². The number of unbranched alkanes of at least 4 members (excludes halogenated alkanes) is 1. The van der Waals surface area contributed by atoms with Crippen molar-refractivity contribution in [1.29, 1.82) is 0 Å². The fourth-order valence-corrected chi connectivity index (χ4v) is 3.20. The number of ether oxygens (including phenoxy) is 1. The Kier molecular flexibility index (Phi) is 6.48. The van der Waals surface area contributed by atoms with Crippen molar-refractivity contribution >= 4 is 16.8 Å². The van der Waals surface area contributed by atoms with E-state index in [2.05, 4.69) is 22.4 Å². The highest BCUT2D eigenvalue weighted by atomic mass is 16.5. The monoisotopic (exact) mass is 378 g/mol. The van der Waals surface area contributed by atoms with Crippen LogP contribution < -0.4 is 15.6 Å². The van der Waals surface area contributed by atoms with E-state index in [9.17, 15) is 9.59 Å². The maximum absolute atomic E-state index is 12.2. The predicted octanol–water partition coefficient (Wildman–Crippen LogP) is 3.53. The number of carbonyl (C=O) groups is 1. The Bertz CT molecular complexity index is 1010. The molecular formula is C23H26N2O3. The van der Waals surface area contributed by atoms with Crippen LogP contribution in [0.1, 0.15) is 29.5 Å². The lowest BCUT2D eigenvalue weighted by Crippen LogP contribution is -2.26. The predicted molar refractivity (Wildman–Crippen MR) is 112 cm³/mol. The molecule has 0 bridgehead atoms. The molecule has 28 heavy (non-hydrogen) atoms. The second-order valence-electron chi connectivity index (χ2n) is 7.03. The van der Waals surface area contributed by atoms with Gasteiger partial charge in [0.25, 0.3) is 5.56 Å². The third-order valence-corrected chi connectivity index (χ3v) is 4.83. The Morgan fingerprint density at radius 2 is 1.79 bits per heavy atom. The number of aryl methyl sites for hydroxylation is 2. The van der Waals surface area contributed by atoms with Gasteiger partial charge in [0.05, 0.1) is 13.5 Å². The third-order valence-electron chi connectivity index (χ3n) is 4.83. The zero-order chi connectivity index (χ0) is 19.9. The fraction of sp³-hybridized carbons (Fsp3) is 0.304. The molecule has 2 N–H and O–H groups in total. The Hall–Kier alpha value is -3.08. The van der Waals surface area contributed by atoms with Crippen molar-refractivity contribution in [3.8, 4) is 5.75 Å². The molecule has 0 saturated carbocycles. The molecule has 1 aromatic heterocycles. The van der Waals surface area contributed by atoms with Crippen LogP contribution in [0, 0.1) is 6.92 Å². The molecule has 0 saturated heterocycles. The van der Waals surface area contributed by atoms with Gasteiger partial charge in [-0.3, -0.25) is 9.59 Å². The van der Waals surface area contributed by atoms with Crippen LogP contribution in [0.15, 0.2) is 53.3 Å². The number of amides is 1. The van der Waals surface area contributed by atoms with Gasteiger partial charge in [0.1, 0.15) is 5.75 Å². The molecule has 1 heterocycles. The Morgan fingerprint density at radius 3 is 2.54 bits per heavy atom. The van der Waals surface area contributed by atoms with Crippen LogP contribution in [-0.2, 0) is 17.6 Å². The first kappa shape index (κ1) is 19.7. The molecule has 5 heteroatoms. The average molecular weight is 378 g/mol. The first-order chi connectivity index (χ1) is 13.5. The van der Waals surface area contributed by atoms with Gasteiger partial charge in [-0.2, -0.15) is 0 Å². The number of nitrogens with one attached hydrogen (secondary N) is 2. The molecule has 0 aliphatic carbocycles. The lowest BCUT2D eigenvalue weighted by Gasteiger charge is -2.07. The van der Waals surface area contributed by atoms with Crippen LogP contribution in [0.4, 0.5) is 0 Å². The minimum atomic E-state index is -0.0763. The summed E-state index contributed by atoms with van der Waals surface area (Å²) in [5, 5.41) is 3.93. The average Bonchev–Trinajstić information content (AvgIpc) is 2.69. The number of fused-ring (bicyclic) bond motifs is 1. The zero-order valence-electron chi connectivity index (χ0n) is 16.4. The summed E-state index contributed by atoms with van der Waals surface area (Å²) < 4.78 is 5.16. The van der Waals surface area contributed by atoms with Crippen LogP contribution in [0.5, 0.6) is 5.75 Å². The smallest absolute Gasteiger partial charge is 0.251 e. The molecule has 3 aromatic rings. The van der Waals surface area contributed by atoms with Gasteiger partial charge < -0.3 is 15.0 Å². The van der Waals surface area contributed by atoms with Gasteiger partial charge in [-0.1, -0.05) is 18.2 Å².